The largest absolute Gasteiger partial charge is 0.471 e. The topological polar surface area (TPSA) is 41.6 Å². The molecule has 4 nitrogen and oxygen atoms in total. The zero-order valence-corrected chi connectivity index (χ0v) is 13.7. The molecule has 0 spiro atoms. The quantitative estimate of drug-likeness (QED) is 0.644. The molecule has 2 aliphatic heterocycles. The zero-order valence-electron chi connectivity index (χ0n) is 12.9. The number of halogens is 4. The fraction of sp³-hybridized carbons (Fsp3) is 0.562. The van der Waals surface area contributed by atoms with Crippen molar-refractivity contribution in [3.05, 3.63) is 29.8 Å². The molecule has 2 aliphatic rings. The Morgan fingerprint density at radius 1 is 1.38 bits per heavy atom. The predicted octanol–water partition coefficient (Wildman–Crippen LogP) is 3.46. The van der Waals surface area contributed by atoms with E-state index in [1.807, 2.05) is 12.1 Å². The number of likely N-dealkylation sites (tertiary alicyclic amines) is 1. The van der Waals surface area contributed by atoms with Crippen molar-refractivity contribution in [1.82, 2.24) is 4.90 Å². The molecule has 1 saturated heterocycles. The lowest BCUT2D eigenvalue weighted by Gasteiger charge is -2.33. The number of ether oxygens (including phenoxy) is 1. The van der Waals surface area contributed by atoms with Gasteiger partial charge in [-0.3, -0.25) is 4.79 Å². The van der Waals surface area contributed by atoms with Gasteiger partial charge >= 0.3 is 12.1 Å². The zero-order chi connectivity index (χ0) is 17.4. The van der Waals surface area contributed by atoms with E-state index in [0.29, 0.717) is 31.0 Å². The molecule has 8 heteroatoms. The van der Waals surface area contributed by atoms with Crippen LogP contribution in [0.15, 0.2) is 24.3 Å². The van der Waals surface area contributed by atoms with Crippen LogP contribution >= 0.6 is 11.6 Å². The molecule has 0 saturated carbocycles. The number of amides is 1. The standard InChI is InChI=1S/C16H18ClF3N2O2/c17-8-3-4-10-24-15-7-9-22(14(23)16(18,19)20)13(15)21-12-6-2-1-5-11(12)15/h1-2,5-6,13,21H,3-4,7-10H2/t13-,15+/m1/s1. The molecule has 1 fully saturated rings. The Kier molecular flexibility index (Phi) is 4.66. The highest BCUT2D eigenvalue weighted by molar-refractivity contribution is 6.17. The number of para-hydroxylation sites is 1. The van der Waals surface area contributed by atoms with Gasteiger partial charge in [-0.1, -0.05) is 18.2 Å². The van der Waals surface area contributed by atoms with E-state index in [4.69, 9.17) is 16.3 Å². The third-order valence-corrected chi connectivity index (χ3v) is 4.81. The van der Waals surface area contributed by atoms with Gasteiger partial charge < -0.3 is 15.0 Å². The van der Waals surface area contributed by atoms with Crippen molar-refractivity contribution >= 4 is 23.2 Å². The number of alkyl halides is 4. The van der Waals surface area contributed by atoms with Crippen LogP contribution in [0.2, 0.25) is 0 Å². The van der Waals surface area contributed by atoms with Crippen LogP contribution < -0.4 is 5.32 Å². The molecule has 0 aromatic heterocycles. The maximum absolute atomic E-state index is 12.9. The van der Waals surface area contributed by atoms with Gasteiger partial charge in [0.1, 0.15) is 11.8 Å². The van der Waals surface area contributed by atoms with Crippen LogP contribution in [0.25, 0.3) is 0 Å². The molecule has 2 heterocycles. The van der Waals surface area contributed by atoms with Crippen LogP contribution in [0.1, 0.15) is 24.8 Å². The first-order chi connectivity index (χ1) is 11.4. The van der Waals surface area contributed by atoms with Crippen molar-refractivity contribution in [2.45, 2.75) is 37.2 Å². The fourth-order valence-electron chi connectivity index (χ4n) is 3.47. The summed E-state index contributed by atoms with van der Waals surface area (Å²) < 4.78 is 44.7. The van der Waals surface area contributed by atoms with E-state index in [0.717, 1.165) is 16.9 Å². The van der Waals surface area contributed by atoms with Gasteiger partial charge in [0, 0.05) is 36.7 Å². The van der Waals surface area contributed by atoms with E-state index in [9.17, 15) is 18.0 Å². The highest BCUT2D eigenvalue weighted by Gasteiger charge is 2.59. The Morgan fingerprint density at radius 3 is 2.83 bits per heavy atom. The number of benzene rings is 1. The number of nitrogens with zero attached hydrogens (tertiary/aromatic N) is 1. The summed E-state index contributed by atoms with van der Waals surface area (Å²) >= 11 is 5.66. The molecule has 132 valence electrons. The molecule has 0 aliphatic carbocycles. The average molecular weight is 363 g/mol. The lowest BCUT2D eigenvalue weighted by molar-refractivity contribution is -0.188. The monoisotopic (exact) mass is 362 g/mol. The SMILES string of the molecule is O=C(N1CC[C@]2(OCCCCCl)c3ccccc3N[C@H]12)C(F)(F)F. The number of unbranched alkanes of at least 4 members (excludes halogenated alkanes) is 1. The number of nitrogens with one attached hydrogen (secondary N) is 1. The first-order valence-electron chi connectivity index (χ1n) is 7.84. The number of carbonyl (C=O) groups excluding carboxylic acids is 1. The summed E-state index contributed by atoms with van der Waals surface area (Å²) in [5, 5.41) is 3.04. The van der Waals surface area contributed by atoms with Gasteiger partial charge in [-0.25, -0.2) is 0 Å². The van der Waals surface area contributed by atoms with Gasteiger partial charge in [0.15, 0.2) is 0 Å². The predicted molar refractivity (Wildman–Crippen MR) is 83.8 cm³/mol. The molecule has 1 amide bonds. The molecule has 0 bridgehead atoms. The van der Waals surface area contributed by atoms with Gasteiger partial charge in [0.2, 0.25) is 0 Å². The third-order valence-electron chi connectivity index (χ3n) is 4.54. The van der Waals surface area contributed by atoms with E-state index in [2.05, 4.69) is 5.32 Å². The second kappa shape index (κ2) is 6.44. The lowest BCUT2D eigenvalue weighted by atomic mass is 9.92. The number of hydrogen-bond donors (Lipinski definition) is 1. The van der Waals surface area contributed by atoms with Crippen molar-refractivity contribution in [2.75, 3.05) is 24.3 Å². The Labute approximate surface area is 142 Å². The molecule has 3 rings (SSSR count). The number of fused-ring (bicyclic) bond motifs is 3. The summed E-state index contributed by atoms with van der Waals surface area (Å²) in [5.41, 5.74) is 0.571. The van der Waals surface area contributed by atoms with Crippen LogP contribution in [-0.2, 0) is 15.1 Å². The molecule has 0 unspecified atom stereocenters. The van der Waals surface area contributed by atoms with Crippen molar-refractivity contribution in [2.24, 2.45) is 0 Å². The summed E-state index contributed by atoms with van der Waals surface area (Å²) in [6.07, 6.45) is -3.94. The van der Waals surface area contributed by atoms with Crippen LogP contribution in [0.5, 0.6) is 0 Å². The smallest absolute Gasteiger partial charge is 0.366 e. The number of anilines is 1. The Morgan fingerprint density at radius 2 is 2.12 bits per heavy atom. The molecule has 24 heavy (non-hydrogen) atoms. The maximum atomic E-state index is 12.9. The average Bonchev–Trinajstić information content (AvgIpc) is 3.04. The molecular weight excluding hydrogens is 345 g/mol. The number of rotatable bonds is 5. The lowest BCUT2D eigenvalue weighted by Crippen LogP contribution is -2.51. The minimum absolute atomic E-state index is 0.000148. The maximum Gasteiger partial charge on any atom is 0.471 e. The summed E-state index contributed by atoms with van der Waals surface area (Å²) in [5.74, 6) is -1.33. The van der Waals surface area contributed by atoms with E-state index in [-0.39, 0.29) is 6.54 Å². The molecule has 1 N–H and O–H groups in total. The Bertz CT molecular complexity index is 626. The van der Waals surface area contributed by atoms with E-state index >= 15 is 0 Å². The minimum atomic E-state index is -4.90. The highest BCUT2D eigenvalue weighted by atomic mass is 35.5. The van der Waals surface area contributed by atoms with Gasteiger partial charge in [-0.05, 0) is 18.9 Å². The van der Waals surface area contributed by atoms with Gasteiger partial charge in [-0.15, -0.1) is 11.6 Å². The summed E-state index contributed by atoms with van der Waals surface area (Å²) in [6.45, 7) is 0.382. The first kappa shape index (κ1) is 17.4. The summed E-state index contributed by atoms with van der Waals surface area (Å²) in [4.78, 5) is 12.6. The van der Waals surface area contributed by atoms with Gasteiger partial charge in [0.25, 0.3) is 0 Å². The second-order valence-corrected chi connectivity index (χ2v) is 6.35. The van der Waals surface area contributed by atoms with Crippen LogP contribution in [0, 0.1) is 0 Å². The summed E-state index contributed by atoms with van der Waals surface area (Å²) in [6, 6.07) is 7.24. The van der Waals surface area contributed by atoms with E-state index < -0.39 is 23.9 Å². The van der Waals surface area contributed by atoms with Crippen LogP contribution in [0.4, 0.5) is 18.9 Å². The molecule has 1 aromatic carbocycles. The van der Waals surface area contributed by atoms with Gasteiger partial charge in [-0.2, -0.15) is 13.2 Å². The Balaban J connectivity index is 1.88. The fourth-order valence-corrected chi connectivity index (χ4v) is 3.66. The van der Waals surface area contributed by atoms with E-state index in [1.165, 1.54) is 0 Å². The van der Waals surface area contributed by atoms with Crippen molar-refractivity contribution in [3.8, 4) is 0 Å². The first-order valence-corrected chi connectivity index (χ1v) is 8.37. The highest BCUT2D eigenvalue weighted by Crippen LogP contribution is 2.50. The number of hydrogen-bond acceptors (Lipinski definition) is 3. The molecular formula is C16H18ClF3N2O2. The van der Waals surface area contributed by atoms with Crippen LogP contribution in [0.3, 0.4) is 0 Å². The normalized spacial score (nSPS) is 25.3. The Hall–Kier alpha value is -1.47. The number of carbonyl (C=O) groups is 1. The van der Waals surface area contributed by atoms with Crippen molar-refractivity contribution in [1.29, 1.82) is 0 Å². The van der Waals surface area contributed by atoms with Crippen molar-refractivity contribution < 1.29 is 22.7 Å². The molecule has 0 radical (unpaired) electrons. The van der Waals surface area contributed by atoms with Crippen LogP contribution in [-0.4, -0.2) is 42.2 Å². The summed E-state index contributed by atoms with van der Waals surface area (Å²) in [7, 11) is 0. The van der Waals surface area contributed by atoms with E-state index in [1.54, 1.807) is 12.1 Å². The van der Waals surface area contributed by atoms with Gasteiger partial charge in [0.05, 0.1) is 0 Å². The molecule has 1 aromatic rings. The van der Waals surface area contributed by atoms with Crippen molar-refractivity contribution in [3.63, 3.8) is 0 Å². The molecule has 2 atom stereocenters. The second-order valence-electron chi connectivity index (χ2n) is 5.97. The minimum Gasteiger partial charge on any atom is -0.366 e. The third kappa shape index (κ3) is 2.84.